The van der Waals surface area contributed by atoms with Crippen molar-refractivity contribution in [2.45, 2.75) is 70.0 Å². The summed E-state index contributed by atoms with van der Waals surface area (Å²) >= 11 is 0. The van der Waals surface area contributed by atoms with Crippen LogP contribution in [0.3, 0.4) is 0 Å². The topological polar surface area (TPSA) is 28.2 Å². The minimum atomic E-state index is 0.389. The maximum absolute atomic E-state index is 4.56. The van der Waals surface area contributed by atoms with Crippen LogP contribution in [0.1, 0.15) is 57.6 Å². The Morgan fingerprint density at radius 2 is 2.14 bits per heavy atom. The summed E-state index contributed by atoms with van der Waals surface area (Å²) in [7, 11) is 0. The van der Waals surface area contributed by atoms with E-state index in [1.165, 1.54) is 63.7 Å². The van der Waals surface area contributed by atoms with Gasteiger partial charge in [0.1, 0.15) is 0 Å². The molecule has 1 saturated heterocycles. The standard InChI is InChI=1S/C18H29N3/c1-2-8-16-13-21(14-17-9-4-7-12-19-17)18(15-20-16)10-5-3-6-11-18/h4,7,9,12,16,20H,2-3,5-6,8,10-11,13-15H2,1H3. The second kappa shape index (κ2) is 6.89. The first-order chi connectivity index (χ1) is 10.3. The molecule has 0 aromatic carbocycles. The Morgan fingerprint density at radius 1 is 1.29 bits per heavy atom. The quantitative estimate of drug-likeness (QED) is 0.920. The van der Waals surface area contributed by atoms with Crippen molar-refractivity contribution in [3.63, 3.8) is 0 Å². The van der Waals surface area contributed by atoms with Crippen LogP contribution >= 0.6 is 0 Å². The van der Waals surface area contributed by atoms with E-state index in [0.717, 1.165) is 6.54 Å². The predicted molar refractivity (Wildman–Crippen MR) is 87.2 cm³/mol. The van der Waals surface area contributed by atoms with Crippen LogP contribution in [0.15, 0.2) is 24.4 Å². The summed E-state index contributed by atoms with van der Waals surface area (Å²) in [5, 5.41) is 3.83. The van der Waals surface area contributed by atoms with Gasteiger partial charge in [-0.1, -0.05) is 38.7 Å². The number of nitrogens with one attached hydrogen (secondary N) is 1. The van der Waals surface area contributed by atoms with E-state index in [2.05, 4.69) is 34.3 Å². The summed E-state index contributed by atoms with van der Waals surface area (Å²) < 4.78 is 0. The number of hydrogen-bond acceptors (Lipinski definition) is 3. The highest BCUT2D eigenvalue weighted by Crippen LogP contribution is 2.36. The van der Waals surface area contributed by atoms with E-state index < -0.39 is 0 Å². The molecule has 1 aromatic rings. The second-order valence-corrected chi connectivity index (χ2v) is 6.85. The number of rotatable bonds is 4. The van der Waals surface area contributed by atoms with Crippen LogP contribution in [0.25, 0.3) is 0 Å². The first-order valence-electron chi connectivity index (χ1n) is 8.71. The van der Waals surface area contributed by atoms with Gasteiger partial charge >= 0.3 is 0 Å². The van der Waals surface area contributed by atoms with Crippen molar-refractivity contribution in [3.8, 4) is 0 Å². The van der Waals surface area contributed by atoms with Crippen LogP contribution in [-0.4, -0.2) is 34.6 Å². The molecule has 1 unspecified atom stereocenters. The van der Waals surface area contributed by atoms with Gasteiger partial charge in [-0.3, -0.25) is 9.88 Å². The van der Waals surface area contributed by atoms with Crippen molar-refractivity contribution in [3.05, 3.63) is 30.1 Å². The number of piperazine rings is 1. The molecule has 1 N–H and O–H groups in total. The molecule has 1 atom stereocenters. The van der Waals surface area contributed by atoms with Gasteiger partial charge in [-0.2, -0.15) is 0 Å². The van der Waals surface area contributed by atoms with Gasteiger partial charge in [0, 0.05) is 37.4 Å². The maximum Gasteiger partial charge on any atom is 0.0544 e. The molecule has 3 nitrogen and oxygen atoms in total. The minimum absolute atomic E-state index is 0.389. The third-order valence-electron chi connectivity index (χ3n) is 5.33. The first-order valence-corrected chi connectivity index (χ1v) is 8.71. The molecule has 2 heterocycles. The number of pyridine rings is 1. The Hall–Kier alpha value is -0.930. The highest BCUT2D eigenvalue weighted by molar-refractivity contribution is 5.07. The van der Waals surface area contributed by atoms with Gasteiger partial charge in [0.05, 0.1) is 5.69 Å². The van der Waals surface area contributed by atoms with Crippen molar-refractivity contribution in [2.75, 3.05) is 13.1 Å². The van der Waals surface area contributed by atoms with Crippen LogP contribution in [0.2, 0.25) is 0 Å². The average molecular weight is 287 g/mol. The Morgan fingerprint density at radius 3 is 2.86 bits per heavy atom. The Labute approximate surface area is 129 Å². The van der Waals surface area contributed by atoms with Crippen molar-refractivity contribution in [1.82, 2.24) is 15.2 Å². The third-order valence-corrected chi connectivity index (χ3v) is 5.33. The highest BCUT2D eigenvalue weighted by atomic mass is 15.3. The zero-order chi connectivity index (χ0) is 14.5. The van der Waals surface area contributed by atoms with Gasteiger partial charge in [-0.15, -0.1) is 0 Å². The van der Waals surface area contributed by atoms with E-state index in [1.807, 2.05) is 12.3 Å². The molecule has 3 heteroatoms. The minimum Gasteiger partial charge on any atom is -0.311 e. The lowest BCUT2D eigenvalue weighted by Gasteiger charge is -2.52. The second-order valence-electron chi connectivity index (χ2n) is 6.85. The Bertz CT molecular complexity index is 425. The van der Waals surface area contributed by atoms with E-state index in [4.69, 9.17) is 0 Å². The summed E-state index contributed by atoms with van der Waals surface area (Å²) in [5.41, 5.74) is 1.61. The molecule has 21 heavy (non-hydrogen) atoms. The van der Waals surface area contributed by atoms with Crippen LogP contribution in [-0.2, 0) is 6.54 Å². The fourth-order valence-corrected chi connectivity index (χ4v) is 4.13. The lowest BCUT2D eigenvalue weighted by atomic mass is 9.78. The summed E-state index contributed by atoms with van der Waals surface area (Å²) in [4.78, 5) is 7.32. The fraction of sp³-hybridized carbons (Fsp3) is 0.722. The van der Waals surface area contributed by atoms with Gasteiger partial charge in [0.15, 0.2) is 0 Å². The van der Waals surface area contributed by atoms with Crippen LogP contribution in [0, 0.1) is 0 Å². The van der Waals surface area contributed by atoms with Gasteiger partial charge in [-0.25, -0.2) is 0 Å². The number of nitrogens with zero attached hydrogens (tertiary/aromatic N) is 2. The van der Waals surface area contributed by atoms with Crippen molar-refractivity contribution in [2.24, 2.45) is 0 Å². The van der Waals surface area contributed by atoms with E-state index in [1.54, 1.807) is 0 Å². The molecule has 116 valence electrons. The summed E-state index contributed by atoms with van der Waals surface area (Å²) in [6, 6.07) is 6.96. The number of hydrogen-bond donors (Lipinski definition) is 1. The normalized spacial score (nSPS) is 26.0. The van der Waals surface area contributed by atoms with Crippen LogP contribution in [0.4, 0.5) is 0 Å². The third kappa shape index (κ3) is 3.46. The van der Waals surface area contributed by atoms with Crippen molar-refractivity contribution in [1.29, 1.82) is 0 Å². The van der Waals surface area contributed by atoms with E-state index in [-0.39, 0.29) is 0 Å². The molecule has 1 aliphatic carbocycles. The molecule has 0 radical (unpaired) electrons. The molecular formula is C18H29N3. The summed E-state index contributed by atoms with van der Waals surface area (Å²) in [6.07, 6.45) is 11.4. The van der Waals surface area contributed by atoms with Gasteiger partial charge in [0.2, 0.25) is 0 Å². The highest BCUT2D eigenvalue weighted by Gasteiger charge is 2.41. The van der Waals surface area contributed by atoms with E-state index in [9.17, 15) is 0 Å². The molecule has 3 rings (SSSR count). The van der Waals surface area contributed by atoms with Gasteiger partial charge in [0.25, 0.3) is 0 Å². The van der Waals surface area contributed by atoms with Crippen LogP contribution < -0.4 is 5.32 Å². The molecule has 1 aliphatic heterocycles. The fourth-order valence-electron chi connectivity index (χ4n) is 4.13. The summed E-state index contributed by atoms with van der Waals surface area (Å²) in [6.45, 7) is 5.66. The molecule has 1 aromatic heterocycles. The molecule has 0 amide bonds. The Balaban J connectivity index is 1.75. The van der Waals surface area contributed by atoms with Crippen molar-refractivity contribution >= 4 is 0 Å². The van der Waals surface area contributed by atoms with E-state index >= 15 is 0 Å². The monoisotopic (exact) mass is 287 g/mol. The van der Waals surface area contributed by atoms with Gasteiger partial charge < -0.3 is 5.32 Å². The number of aromatic nitrogens is 1. The average Bonchev–Trinajstić information content (AvgIpc) is 2.53. The van der Waals surface area contributed by atoms with Gasteiger partial charge in [-0.05, 0) is 31.4 Å². The molecule has 1 spiro atoms. The lowest BCUT2D eigenvalue weighted by Crippen LogP contribution is -2.64. The van der Waals surface area contributed by atoms with Crippen molar-refractivity contribution < 1.29 is 0 Å². The molecule has 2 fully saturated rings. The molecule has 1 saturated carbocycles. The molecular weight excluding hydrogens is 258 g/mol. The van der Waals surface area contributed by atoms with E-state index in [0.29, 0.717) is 11.6 Å². The SMILES string of the molecule is CCCC1CN(Cc2ccccn2)C2(CCCCC2)CN1. The maximum atomic E-state index is 4.56. The zero-order valence-corrected chi connectivity index (χ0v) is 13.4. The Kier molecular flexibility index (Phi) is 4.91. The summed E-state index contributed by atoms with van der Waals surface area (Å²) in [5.74, 6) is 0. The first kappa shape index (κ1) is 15.0. The largest absolute Gasteiger partial charge is 0.311 e. The smallest absolute Gasteiger partial charge is 0.0544 e. The molecule has 0 bridgehead atoms. The van der Waals surface area contributed by atoms with Crippen LogP contribution in [0.5, 0.6) is 0 Å². The zero-order valence-electron chi connectivity index (χ0n) is 13.4. The predicted octanol–water partition coefficient (Wildman–Crippen LogP) is 3.36. The lowest BCUT2D eigenvalue weighted by molar-refractivity contribution is 0.00103. The molecule has 2 aliphatic rings.